The van der Waals surface area contributed by atoms with Gasteiger partial charge in [0.25, 0.3) is 0 Å². The van der Waals surface area contributed by atoms with Crippen molar-refractivity contribution in [3.05, 3.63) is 60.2 Å². The number of rotatable bonds is 23. The topological polar surface area (TPSA) is 63.7 Å². The van der Waals surface area contributed by atoms with Crippen LogP contribution in [0.4, 0.5) is 11.4 Å². The molecule has 0 radical (unpaired) electrons. The molecular formula is C35H55N2NaO3S. The Morgan fingerprint density at radius 2 is 1.00 bits per heavy atom. The van der Waals surface area contributed by atoms with Gasteiger partial charge in [-0.15, -0.1) is 0 Å². The van der Waals surface area contributed by atoms with Gasteiger partial charge in [0, 0.05) is 6.54 Å². The first kappa shape index (κ1) is 37.1. The summed E-state index contributed by atoms with van der Waals surface area (Å²) in [5, 5.41) is 0. The minimum absolute atomic E-state index is 0. The van der Waals surface area contributed by atoms with Crippen LogP contribution in [0.25, 0.3) is 0 Å². The summed E-state index contributed by atoms with van der Waals surface area (Å²) >= 11 is 0. The van der Waals surface area contributed by atoms with Crippen molar-refractivity contribution >= 4 is 21.7 Å². The molecule has 0 amide bonds. The van der Waals surface area contributed by atoms with Crippen molar-refractivity contribution in [3.8, 4) is 0 Å². The second-order valence-corrected chi connectivity index (χ2v) is 13.2. The molecule has 0 fully saturated rings. The van der Waals surface area contributed by atoms with Gasteiger partial charge in [-0.3, -0.25) is 4.31 Å². The molecule has 1 heterocycles. The van der Waals surface area contributed by atoms with E-state index < -0.39 is 16.5 Å². The van der Waals surface area contributed by atoms with Crippen molar-refractivity contribution in [2.75, 3.05) is 9.21 Å². The summed E-state index contributed by atoms with van der Waals surface area (Å²) in [6.07, 6.45) is 25.4. The minimum atomic E-state index is -4.62. The third-order valence-corrected chi connectivity index (χ3v) is 9.48. The van der Waals surface area contributed by atoms with Gasteiger partial charge in [-0.05, 0) is 30.5 Å². The molecule has 0 aliphatic carbocycles. The number of unbranched alkanes of at least 4 members (excludes halogenated alkanes) is 18. The number of hydrogen-bond donors (Lipinski definition) is 0. The summed E-state index contributed by atoms with van der Waals surface area (Å²) in [6.45, 7) is 2.86. The van der Waals surface area contributed by atoms with Crippen LogP contribution in [0.5, 0.6) is 0 Å². The van der Waals surface area contributed by atoms with Crippen LogP contribution in [0.3, 0.4) is 0 Å². The first-order chi connectivity index (χ1) is 20.0. The number of hydrogen-bond acceptors (Lipinski definition) is 4. The van der Waals surface area contributed by atoms with Gasteiger partial charge in [0.2, 0.25) is 0 Å². The fraction of sp³-hybridized carbons (Fsp3) is 0.657. The molecule has 0 spiro atoms. The SMILES string of the molecule is CCCCCCCCCCCCCCCCCCCCCC1N(Cc2ccccc2)c2ccccc2N1S(=O)(=O)[O-].[Na+]. The third-order valence-electron chi connectivity index (χ3n) is 8.56. The Labute approximate surface area is 280 Å². The average Bonchev–Trinajstić information content (AvgIpc) is 3.28. The van der Waals surface area contributed by atoms with Crippen molar-refractivity contribution in [2.24, 2.45) is 0 Å². The Morgan fingerprint density at radius 3 is 1.45 bits per heavy atom. The fourth-order valence-corrected chi connectivity index (χ4v) is 7.17. The zero-order valence-corrected chi connectivity index (χ0v) is 29.5. The van der Waals surface area contributed by atoms with Gasteiger partial charge in [0.05, 0.1) is 11.4 Å². The van der Waals surface area contributed by atoms with E-state index in [1.807, 2.05) is 42.5 Å². The number of fused-ring (bicyclic) bond motifs is 1. The van der Waals surface area contributed by atoms with Crippen LogP contribution >= 0.6 is 0 Å². The summed E-state index contributed by atoms with van der Waals surface area (Å²) in [5.74, 6) is 0. The Morgan fingerprint density at radius 1 is 0.595 bits per heavy atom. The molecule has 42 heavy (non-hydrogen) atoms. The van der Waals surface area contributed by atoms with Gasteiger partial charge in [0.1, 0.15) is 6.17 Å². The van der Waals surface area contributed by atoms with Crippen LogP contribution in [0.1, 0.15) is 141 Å². The molecule has 1 aliphatic heterocycles. The van der Waals surface area contributed by atoms with Crippen molar-refractivity contribution in [1.82, 2.24) is 0 Å². The van der Waals surface area contributed by atoms with E-state index in [1.54, 1.807) is 12.1 Å². The molecule has 1 atom stereocenters. The largest absolute Gasteiger partial charge is 1.00 e. The molecule has 0 bridgehead atoms. The molecule has 5 nitrogen and oxygen atoms in total. The van der Waals surface area contributed by atoms with E-state index in [-0.39, 0.29) is 29.6 Å². The van der Waals surface area contributed by atoms with E-state index in [2.05, 4.69) is 11.8 Å². The summed E-state index contributed by atoms with van der Waals surface area (Å²) < 4.78 is 38.2. The van der Waals surface area contributed by atoms with Gasteiger partial charge >= 0.3 is 29.6 Å². The zero-order chi connectivity index (χ0) is 29.2. The summed E-state index contributed by atoms with van der Waals surface area (Å²) in [4.78, 5) is 2.09. The van der Waals surface area contributed by atoms with Crippen molar-refractivity contribution in [3.63, 3.8) is 0 Å². The van der Waals surface area contributed by atoms with Crippen LogP contribution in [0.15, 0.2) is 54.6 Å². The van der Waals surface area contributed by atoms with E-state index in [0.29, 0.717) is 18.7 Å². The van der Waals surface area contributed by atoms with E-state index in [4.69, 9.17) is 0 Å². The molecule has 3 rings (SSSR count). The van der Waals surface area contributed by atoms with E-state index in [0.717, 1.165) is 28.4 Å². The summed E-state index contributed by atoms with van der Waals surface area (Å²) in [6, 6.07) is 17.4. The first-order valence-electron chi connectivity index (χ1n) is 16.7. The molecular weight excluding hydrogens is 551 g/mol. The van der Waals surface area contributed by atoms with E-state index >= 15 is 0 Å². The number of benzene rings is 2. The normalized spacial score (nSPS) is 14.7. The van der Waals surface area contributed by atoms with Crippen molar-refractivity contribution in [2.45, 2.75) is 148 Å². The number of para-hydroxylation sites is 2. The van der Waals surface area contributed by atoms with Gasteiger partial charge in [-0.1, -0.05) is 165 Å². The molecule has 2 aromatic carbocycles. The van der Waals surface area contributed by atoms with Gasteiger partial charge in [0.15, 0.2) is 10.3 Å². The second kappa shape index (κ2) is 21.6. The summed E-state index contributed by atoms with van der Waals surface area (Å²) in [7, 11) is -4.62. The second-order valence-electron chi connectivity index (χ2n) is 12.0. The monoisotopic (exact) mass is 606 g/mol. The number of anilines is 2. The predicted octanol–water partition coefficient (Wildman–Crippen LogP) is 7.13. The van der Waals surface area contributed by atoms with Crippen molar-refractivity contribution in [1.29, 1.82) is 0 Å². The average molecular weight is 607 g/mol. The zero-order valence-electron chi connectivity index (χ0n) is 26.7. The predicted molar refractivity (Wildman–Crippen MR) is 173 cm³/mol. The molecule has 1 unspecified atom stereocenters. The van der Waals surface area contributed by atoms with Crippen LogP contribution in [0.2, 0.25) is 0 Å². The Kier molecular flexibility index (Phi) is 19.1. The quantitative estimate of drug-likeness (QED) is 0.0767. The Balaban J connectivity index is 0.00000616. The molecule has 230 valence electrons. The van der Waals surface area contributed by atoms with Crippen LogP contribution in [0, 0.1) is 0 Å². The Hall–Kier alpha value is -1.05. The molecule has 0 saturated carbocycles. The van der Waals surface area contributed by atoms with Crippen molar-refractivity contribution < 1.29 is 42.5 Å². The van der Waals surface area contributed by atoms with Crippen LogP contribution in [-0.2, 0) is 16.8 Å². The first-order valence-corrected chi connectivity index (χ1v) is 18.0. The van der Waals surface area contributed by atoms with E-state index in [9.17, 15) is 13.0 Å². The molecule has 2 aromatic rings. The van der Waals surface area contributed by atoms with Gasteiger partial charge < -0.3 is 9.45 Å². The van der Waals surface area contributed by atoms with Gasteiger partial charge in [-0.2, -0.15) is 0 Å². The van der Waals surface area contributed by atoms with Crippen LogP contribution in [-0.4, -0.2) is 19.1 Å². The summed E-state index contributed by atoms with van der Waals surface area (Å²) in [5.41, 5.74) is 2.42. The number of nitrogens with zero attached hydrogens (tertiary/aromatic N) is 2. The maximum atomic E-state index is 12.3. The third kappa shape index (κ3) is 13.3. The minimum Gasteiger partial charge on any atom is -0.731 e. The smallest absolute Gasteiger partial charge is 0.731 e. The fourth-order valence-electron chi connectivity index (χ4n) is 6.26. The standard InChI is InChI=1S/C35H56N2O3S.Na/c1-2-3-4-5-6-7-8-9-10-11-12-13-14-15-16-17-18-19-23-30-35-36(31-32-26-21-20-22-27-32)33-28-24-25-29-34(33)37(35)41(38,39)40;/h20-22,24-29,35H,2-19,23,30-31H2,1H3,(H,38,39,40);/q;+1/p-1. The molecule has 0 aromatic heterocycles. The Bertz CT molecular complexity index is 1070. The van der Waals surface area contributed by atoms with E-state index in [1.165, 1.54) is 109 Å². The maximum Gasteiger partial charge on any atom is 1.00 e. The molecule has 7 heteroatoms. The molecule has 0 N–H and O–H groups in total. The maximum absolute atomic E-state index is 12.3. The molecule has 0 saturated heterocycles. The van der Waals surface area contributed by atoms with Gasteiger partial charge in [-0.25, -0.2) is 8.42 Å². The van der Waals surface area contributed by atoms with Crippen LogP contribution < -0.4 is 38.8 Å². The molecule has 1 aliphatic rings.